The molecule has 16 heavy (non-hydrogen) atoms. The molecule has 0 bridgehead atoms. The monoisotopic (exact) mass is 235 g/mol. The number of rotatable bonds is 6. The third-order valence-electron chi connectivity index (χ3n) is 2.04. The molecule has 0 radical (unpaired) electrons. The summed E-state index contributed by atoms with van der Waals surface area (Å²) in [7, 11) is 0. The summed E-state index contributed by atoms with van der Waals surface area (Å²) in [6.07, 6.45) is 3.69. The van der Waals surface area contributed by atoms with Crippen molar-refractivity contribution < 1.29 is 4.79 Å². The van der Waals surface area contributed by atoms with Crippen LogP contribution in [0, 0.1) is 0 Å². The van der Waals surface area contributed by atoms with Crippen molar-refractivity contribution in [3.8, 4) is 0 Å². The molecule has 0 aliphatic heterocycles. The third kappa shape index (κ3) is 5.03. The third-order valence-corrected chi connectivity index (χ3v) is 2.64. The minimum Gasteiger partial charge on any atom is -0.383 e. The van der Waals surface area contributed by atoms with Gasteiger partial charge in [0.25, 0.3) is 0 Å². The van der Waals surface area contributed by atoms with E-state index in [-0.39, 0.29) is 5.78 Å². The van der Waals surface area contributed by atoms with Gasteiger partial charge in [0.15, 0.2) is 5.78 Å². The van der Waals surface area contributed by atoms with E-state index >= 15 is 0 Å². The first-order chi connectivity index (χ1) is 7.72. The van der Waals surface area contributed by atoms with Gasteiger partial charge in [-0.25, -0.2) is 0 Å². The maximum Gasteiger partial charge on any atom is 0.154 e. The zero-order valence-electron chi connectivity index (χ0n) is 9.69. The van der Waals surface area contributed by atoms with Crippen LogP contribution in [-0.2, 0) is 11.3 Å². The lowest BCUT2D eigenvalue weighted by molar-refractivity contribution is -0.112. The highest BCUT2D eigenvalue weighted by atomic mass is 32.2. The number of ketones is 1. The fourth-order valence-electron chi connectivity index (χ4n) is 1.36. The number of carbonyl (C=O) groups is 1. The van der Waals surface area contributed by atoms with E-state index in [0.29, 0.717) is 0 Å². The van der Waals surface area contributed by atoms with E-state index in [1.54, 1.807) is 24.8 Å². The summed E-state index contributed by atoms with van der Waals surface area (Å²) >= 11 is 1.70. The summed E-state index contributed by atoms with van der Waals surface area (Å²) in [4.78, 5) is 11.0. The first kappa shape index (κ1) is 12.8. The molecule has 0 aromatic heterocycles. The summed E-state index contributed by atoms with van der Waals surface area (Å²) in [6, 6.07) is 10.2. The molecule has 0 spiro atoms. The Balaban J connectivity index is 2.54. The Bertz CT molecular complexity index is 359. The van der Waals surface area contributed by atoms with Gasteiger partial charge in [-0.05, 0) is 18.7 Å². The quantitative estimate of drug-likeness (QED) is 0.768. The molecule has 0 amide bonds. The molecule has 0 fully saturated rings. The normalized spacial score (nSPS) is 11.2. The molecule has 1 N–H and O–H groups in total. The Labute approximate surface area is 101 Å². The van der Waals surface area contributed by atoms with Crippen LogP contribution >= 0.6 is 11.8 Å². The lowest BCUT2D eigenvalue weighted by Crippen LogP contribution is -2.15. The second-order valence-corrected chi connectivity index (χ2v) is 4.42. The summed E-state index contributed by atoms with van der Waals surface area (Å²) in [5, 5.41) is 3.29. The van der Waals surface area contributed by atoms with Crippen LogP contribution in [0.1, 0.15) is 12.5 Å². The molecule has 0 atom stereocenters. The van der Waals surface area contributed by atoms with Crippen LogP contribution in [0.25, 0.3) is 0 Å². The average molecular weight is 235 g/mol. The zero-order chi connectivity index (χ0) is 11.8. The summed E-state index contributed by atoms with van der Waals surface area (Å²) in [5.74, 6) is 0.927. The summed E-state index contributed by atoms with van der Waals surface area (Å²) in [5.41, 5.74) is 2.21. The van der Waals surface area contributed by atoms with Crippen LogP contribution in [0.15, 0.2) is 42.1 Å². The molecule has 0 saturated carbocycles. The SMILES string of the molecule is CSC/C(=C/C(C)=O)NCc1ccccc1. The molecule has 0 saturated heterocycles. The summed E-state index contributed by atoms with van der Waals surface area (Å²) < 4.78 is 0. The van der Waals surface area contributed by atoms with E-state index in [0.717, 1.165) is 18.0 Å². The highest BCUT2D eigenvalue weighted by molar-refractivity contribution is 7.98. The van der Waals surface area contributed by atoms with Crippen LogP contribution in [0.5, 0.6) is 0 Å². The number of hydrogen-bond acceptors (Lipinski definition) is 3. The predicted octanol–water partition coefficient (Wildman–Crippen LogP) is 2.61. The van der Waals surface area contributed by atoms with Gasteiger partial charge in [0.2, 0.25) is 0 Å². The van der Waals surface area contributed by atoms with Gasteiger partial charge in [0.05, 0.1) is 0 Å². The minimum atomic E-state index is 0.0876. The Hall–Kier alpha value is -1.22. The predicted molar refractivity (Wildman–Crippen MR) is 70.4 cm³/mol. The molecule has 1 rings (SSSR count). The Morgan fingerprint density at radius 2 is 2.06 bits per heavy atom. The number of benzene rings is 1. The van der Waals surface area contributed by atoms with Gasteiger partial charge in [0, 0.05) is 24.1 Å². The van der Waals surface area contributed by atoms with Gasteiger partial charge < -0.3 is 5.32 Å². The smallest absolute Gasteiger partial charge is 0.154 e. The van der Waals surface area contributed by atoms with E-state index in [9.17, 15) is 4.79 Å². The second-order valence-electron chi connectivity index (χ2n) is 3.55. The fourth-order valence-corrected chi connectivity index (χ4v) is 1.85. The van der Waals surface area contributed by atoms with Gasteiger partial charge >= 0.3 is 0 Å². The van der Waals surface area contributed by atoms with Gasteiger partial charge in [0.1, 0.15) is 0 Å². The second kappa shape index (κ2) is 7.12. The Kier molecular flexibility index (Phi) is 5.72. The highest BCUT2D eigenvalue weighted by Gasteiger charge is 1.98. The van der Waals surface area contributed by atoms with Crippen molar-refractivity contribution in [3.05, 3.63) is 47.7 Å². The standard InChI is InChI=1S/C13H17NOS/c1-11(15)8-13(10-16-2)14-9-12-6-4-3-5-7-12/h3-8,14H,9-10H2,1-2H3/b13-8-. The van der Waals surface area contributed by atoms with E-state index in [1.807, 2.05) is 24.5 Å². The average Bonchev–Trinajstić information content (AvgIpc) is 2.27. The van der Waals surface area contributed by atoms with Crippen molar-refractivity contribution >= 4 is 17.5 Å². The van der Waals surface area contributed by atoms with Crippen LogP contribution in [0.2, 0.25) is 0 Å². The van der Waals surface area contributed by atoms with Crippen molar-refractivity contribution in [2.45, 2.75) is 13.5 Å². The Morgan fingerprint density at radius 3 is 2.62 bits per heavy atom. The van der Waals surface area contributed by atoms with Crippen molar-refractivity contribution in [1.82, 2.24) is 5.32 Å². The molecule has 0 unspecified atom stereocenters. The number of thioether (sulfide) groups is 1. The molecular weight excluding hydrogens is 218 g/mol. The van der Waals surface area contributed by atoms with Crippen molar-refractivity contribution in [2.75, 3.05) is 12.0 Å². The summed E-state index contributed by atoms with van der Waals surface area (Å²) in [6.45, 7) is 2.34. The van der Waals surface area contributed by atoms with Crippen molar-refractivity contribution in [2.24, 2.45) is 0 Å². The molecule has 1 aromatic carbocycles. The first-order valence-electron chi connectivity index (χ1n) is 5.20. The van der Waals surface area contributed by atoms with E-state index in [2.05, 4.69) is 17.4 Å². The van der Waals surface area contributed by atoms with Gasteiger partial charge in [-0.3, -0.25) is 4.79 Å². The van der Waals surface area contributed by atoms with Gasteiger partial charge in [-0.2, -0.15) is 11.8 Å². The van der Waals surface area contributed by atoms with Gasteiger partial charge in [-0.1, -0.05) is 30.3 Å². The van der Waals surface area contributed by atoms with E-state index in [1.165, 1.54) is 5.56 Å². The molecular formula is C13H17NOS. The number of carbonyl (C=O) groups excluding carboxylic acids is 1. The number of allylic oxidation sites excluding steroid dienone is 1. The van der Waals surface area contributed by atoms with Gasteiger partial charge in [-0.15, -0.1) is 0 Å². The molecule has 3 heteroatoms. The van der Waals surface area contributed by atoms with Crippen LogP contribution in [-0.4, -0.2) is 17.8 Å². The van der Waals surface area contributed by atoms with Crippen LogP contribution in [0.3, 0.4) is 0 Å². The minimum absolute atomic E-state index is 0.0876. The molecule has 0 aliphatic rings. The van der Waals surface area contributed by atoms with E-state index in [4.69, 9.17) is 0 Å². The Morgan fingerprint density at radius 1 is 1.38 bits per heavy atom. The lowest BCUT2D eigenvalue weighted by atomic mass is 10.2. The van der Waals surface area contributed by atoms with Crippen LogP contribution in [0.4, 0.5) is 0 Å². The molecule has 1 aromatic rings. The fraction of sp³-hybridized carbons (Fsp3) is 0.308. The molecule has 2 nitrogen and oxygen atoms in total. The molecule has 0 heterocycles. The number of hydrogen-bond donors (Lipinski definition) is 1. The van der Waals surface area contributed by atoms with Crippen molar-refractivity contribution in [3.63, 3.8) is 0 Å². The molecule has 86 valence electrons. The van der Waals surface area contributed by atoms with Crippen molar-refractivity contribution in [1.29, 1.82) is 0 Å². The lowest BCUT2D eigenvalue weighted by Gasteiger charge is -2.09. The molecule has 0 aliphatic carbocycles. The highest BCUT2D eigenvalue weighted by Crippen LogP contribution is 2.04. The largest absolute Gasteiger partial charge is 0.383 e. The van der Waals surface area contributed by atoms with Crippen LogP contribution < -0.4 is 5.32 Å². The first-order valence-corrected chi connectivity index (χ1v) is 6.59. The number of nitrogens with one attached hydrogen (secondary N) is 1. The van der Waals surface area contributed by atoms with E-state index < -0.39 is 0 Å². The maximum absolute atomic E-state index is 11.0. The maximum atomic E-state index is 11.0. The topological polar surface area (TPSA) is 29.1 Å². The zero-order valence-corrected chi connectivity index (χ0v) is 10.5.